The van der Waals surface area contributed by atoms with Gasteiger partial charge in [0.05, 0.1) is 0 Å². The van der Waals surface area contributed by atoms with Gasteiger partial charge in [-0.1, -0.05) is 0 Å². The van der Waals surface area contributed by atoms with E-state index in [-0.39, 0.29) is 12.2 Å². The zero-order valence-electron chi connectivity index (χ0n) is 10.8. The predicted molar refractivity (Wildman–Crippen MR) is 65.9 cm³/mol. The van der Waals surface area contributed by atoms with E-state index in [1.165, 1.54) is 23.3 Å². The first-order chi connectivity index (χ1) is 7.47. The number of rotatable bonds is 7. The first kappa shape index (κ1) is 18.1. The first-order valence-electron chi connectivity index (χ1n) is 5.80. The Kier molecular flexibility index (Phi) is 14.5. The molecule has 0 bridgehead atoms. The molecule has 0 rings (SSSR count). The average molecular weight is 289 g/mol. The summed E-state index contributed by atoms with van der Waals surface area (Å²) in [6.07, 6.45) is 0.821. The number of carbonyl (C=O) groups excluding carboxylic acids is 1. The number of carboxylic acid groups (broad SMARTS) is 1. The van der Waals surface area contributed by atoms with Gasteiger partial charge in [0, 0.05) is 0 Å². The van der Waals surface area contributed by atoms with Crippen LogP contribution in [0, 0.1) is 0 Å². The van der Waals surface area contributed by atoms with Crippen molar-refractivity contribution in [3.63, 3.8) is 0 Å². The van der Waals surface area contributed by atoms with Gasteiger partial charge in [-0.25, -0.2) is 0 Å². The number of hydrogen-bond acceptors (Lipinski definition) is 3. The van der Waals surface area contributed by atoms with Gasteiger partial charge in [0.2, 0.25) is 0 Å². The van der Waals surface area contributed by atoms with Gasteiger partial charge >= 0.3 is 69.8 Å². The normalized spacial score (nSPS) is 9.00. The summed E-state index contributed by atoms with van der Waals surface area (Å²) in [6.45, 7) is 8.93. The van der Waals surface area contributed by atoms with E-state index < -0.39 is 22.6 Å². The molecular formula is C11H23GaO4. The van der Waals surface area contributed by atoms with Crippen LogP contribution in [0.2, 0.25) is 9.95 Å². The van der Waals surface area contributed by atoms with Gasteiger partial charge in [0.1, 0.15) is 12.2 Å². The van der Waals surface area contributed by atoms with Crippen LogP contribution in [0.1, 0.15) is 40.5 Å². The van der Waals surface area contributed by atoms with Crippen LogP contribution >= 0.6 is 0 Å². The Balaban J connectivity index is 0. The third-order valence-electron chi connectivity index (χ3n) is 1.87. The zero-order chi connectivity index (χ0) is 13.0. The molecule has 0 aliphatic heterocycles. The SMILES string of the molecule is CC(=O)CC(=O)O.CCC[O][Ga]([CH2]C)[CH2]C. The average Bonchev–Trinajstić information content (AvgIpc) is 2.18. The molecule has 0 spiro atoms. The molecular weight excluding hydrogens is 266 g/mol. The molecule has 0 aliphatic carbocycles. The van der Waals surface area contributed by atoms with Crippen molar-refractivity contribution in [1.82, 2.24) is 0 Å². The molecule has 5 heteroatoms. The van der Waals surface area contributed by atoms with Crippen molar-refractivity contribution in [2.75, 3.05) is 6.61 Å². The van der Waals surface area contributed by atoms with E-state index in [1.807, 2.05) is 0 Å². The standard InChI is InChI=1S/C4H6O3.C3H7O.2C2H5.Ga/c1-3(5)2-4(6)7;1-2-3-4;2*1-2;/h2H2,1H3,(H,6,7);2-3H2,1H3;2*1H2,2H3;/q;-1;;;+1. The Hall–Kier alpha value is -0.264. The summed E-state index contributed by atoms with van der Waals surface area (Å²) < 4.78 is 5.68. The maximum absolute atomic E-state index is 9.87. The van der Waals surface area contributed by atoms with Gasteiger partial charge in [-0.15, -0.1) is 0 Å². The quantitative estimate of drug-likeness (QED) is 0.577. The maximum atomic E-state index is 9.87. The third-order valence-corrected chi connectivity index (χ3v) is 7.17. The second kappa shape index (κ2) is 12.8. The molecule has 0 heterocycles. The Morgan fingerprint density at radius 1 is 1.19 bits per heavy atom. The molecule has 0 atom stereocenters. The van der Waals surface area contributed by atoms with E-state index >= 15 is 0 Å². The van der Waals surface area contributed by atoms with E-state index in [0.717, 1.165) is 6.61 Å². The van der Waals surface area contributed by atoms with Crippen LogP contribution in [0.5, 0.6) is 0 Å². The Labute approximate surface area is 104 Å². The summed E-state index contributed by atoms with van der Waals surface area (Å²) in [5, 5.41) is 7.86. The second-order valence-electron chi connectivity index (χ2n) is 3.58. The van der Waals surface area contributed by atoms with E-state index in [2.05, 4.69) is 20.8 Å². The minimum atomic E-state index is -1.13. The Morgan fingerprint density at radius 2 is 1.69 bits per heavy atom. The van der Waals surface area contributed by atoms with E-state index in [4.69, 9.17) is 8.64 Å². The van der Waals surface area contributed by atoms with Crippen molar-refractivity contribution in [3.8, 4) is 0 Å². The van der Waals surface area contributed by atoms with Gasteiger partial charge < -0.3 is 5.11 Å². The van der Waals surface area contributed by atoms with Crippen LogP contribution in [0.3, 0.4) is 0 Å². The predicted octanol–water partition coefficient (Wildman–Crippen LogP) is 2.49. The summed E-state index contributed by atoms with van der Waals surface area (Å²) in [4.78, 5) is 22.1. The molecule has 1 N–H and O–H groups in total. The molecule has 0 aromatic heterocycles. The molecule has 0 fully saturated rings. The summed E-state index contributed by atoms with van der Waals surface area (Å²) in [7, 11) is 0. The van der Waals surface area contributed by atoms with E-state index in [1.54, 1.807) is 0 Å². The van der Waals surface area contributed by atoms with Crippen LogP contribution < -0.4 is 0 Å². The van der Waals surface area contributed by atoms with Crippen molar-refractivity contribution >= 4 is 28.3 Å². The minimum absolute atomic E-state index is 0.312. The van der Waals surface area contributed by atoms with E-state index in [9.17, 15) is 9.59 Å². The van der Waals surface area contributed by atoms with Crippen LogP contribution in [0.25, 0.3) is 0 Å². The number of carbonyl (C=O) groups is 2. The zero-order valence-corrected chi connectivity index (χ0v) is 13.2. The van der Waals surface area contributed by atoms with Crippen molar-refractivity contribution in [2.24, 2.45) is 0 Å². The van der Waals surface area contributed by atoms with Crippen molar-refractivity contribution in [2.45, 2.75) is 50.5 Å². The number of carboxylic acids is 1. The van der Waals surface area contributed by atoms with Gasteiger partial charge in [-0.05, 0) is 6.92 Å². The number of aliphatic carboxylic acids is 1. The Bertz CT molecular complexity index is 178. The fourth-order valence-corrected chi connectivity index (χ4v) is 4.42. The first-order valence-corrected chi connectivity index (χ1v) is 10.2. The van der Waals surface area contributed by atoms with Crippen molar-refractivity contribution in [1.29, 1.82) is 0 Å². The molecule has 0 saturated heterocycles. The van der Waals surface area contributed by atoms with Crippen LogP contribution in [0.4, 0.5) is 0 Å². The second-order valence-corrected chi connectivity index (χ2v) is 10.3. The van der Waals surface area contributed by atoms with Gasteiger partial charge in [-0.3, -0.25) is 9.59 Å². The fourth-order valence-electron chi connectivity index (χ4n) is 1.02. The van der Waals surface area contributed by atoms with E-state index in [0.29, 0.717) is 0 Å². The molecule has 0 unspecified atom stereocenters. The van der Waals surface area contributed by atoms with Crippen LogP contribution in [-0.2, 0) is 13.1 Å². The number of hydrogen-bond donors (Lipinski definition) is 1. The van der Waals surface area contributed by atoms with Crippen molar-refractivity contribution in [3.05, 3.63) is 0 Å². The van der Waals surface area contributed by atoms with Gasteiger partial charge in [0.25, 0.3) is 0 Å². The molecule has 0 radical (unpaired) electrons. The van der Waals surface area contributed by atoms with Gasteiger partial charge in [-0.2, -0.15) is 0 Å². The monoisotopic (exact) mass is 288 g/mol. The Morgan fingerprint density at radius 3 is 1.88 bits per heavy atom. The molecule has 0 aromatic rings. The third kappa shape index (κ3) is 16.2. The fraction of sp³-hybridized carbons (Fsp3) is 0.818. The van der Waals surface area contributed by atoms with Crippen LogP contribution in [-0.4, -0.2) is 40.0 Å². The summed E-state index contributed by atoms with van der Waals surface area (Å²) in [6, 6.07) is 0. The molecule has 0 aliphatic rings. The van der Waals surface area contributed by atoms with Crippen molar-refractivity contribution < 1.29 is 18.2 Å². The molecule has 16 heavy (non-hydrogen) atoms. The summed E-state index contributed by atoms with van der Waals surface area (Å²) in [5.41, 5.74) is 0. The molecule has 0 saturated carbocycles. The number of Topliss-reactive ketones (excluding diaryl/α,β-unsaturated/α-hetero) is 1. The van der Waals surface area contributed by atoms with Crippen LogP contribution in [0.15, 0.2) is 0 Å². The molecule has 0 amide bonds. The number of ketones is 1. The topological polar surface area (TPSA) is 63.6 Å². The summed E-state index contributed by atoms with van der Waals surface area (Å²) >= 11 is -1.13. The molecule has 4 nitrogen and oxygen atoms in total. The summed E-state index contributed by atoms with van der Waals surface area (Å²) in [5.74, 6) is -1.37. The molecule has 0 aromatic carbocycles. The van der Waals surface area contributed by atoms with Gasteiger partial charge in [0.15, 0.2) is 0 Å². The molecule has 94 valence electrons.